The molecule has 0 radical (unpaired) electrons. The van der Waals surface area contributed by atoms with Crippen molar-refractivity contribution in [1.82, 2.24) is 0 Å². The molecule has 2 aromatic carbocycles. The molecule has 0 bridgehead atoms. The predicted molar refractivity (Wildman–Crippen MR) is 97.3 cm³/mol. The van der Waals surface area contributed by atoms with Gasteiger partial charge in [-0.15, -0.1) is 0 Å². The maximum absolute atomic E-state index is 12.1. The molecular formula is C19H22ClNO3. The van der Waals surface area contributed by atoms with Gasteiger partial charge in [0.25, 0.3) is 5.91 Å². The second-order valence-corrected chi connectivity index (χ2v) is 5.94. The number of anilines is 1. The third-order valence-corrected chi connectivity index (χ3v) is 4.15. The van der Waals surface area contributed by atoms with Crippen LogP contribution < -0.4 is 14.8 Å². The largest absolute Gasteiger partial charge is 0.495 e. The normalized spacial score (nSPS) is 11.7. The zero-order chi connectivity index (χ0) is 17.5. The Morgan fingerprint density at radius 2 is 1.96 bits per heavy atom. The highest BCUT2D eigenvalue weighted by molar-refractivity contribution is 6.32. The number of carbonyl (C=O) groups is 1. The minimum Gasteiger partial charge on any atom is -0.495 e. The van der Waals surface area contributed by atoms with E-state index in [4.69, 9.17) is 21.1 Å². The number of hydrogen-bond acceptors (Lipinski definition) is 3. The second-order valence-electron chi connectivity index (χ2n) is 5.53. The van der Waals surface area contributed by atoms with Crippen molar-refractivity contribution in [3.05, 3.63) is 53.1 Å². The van der Waals surface area contributed by atoms with E-state index in [-0.39, 0.29) is 12.5 Å². The SMILES string of the molecule is CCC(C)c1ccccc1OCC(=O)Nc1ccc(OC)c(Cl)c1. The van der Waals surface area contributed by atoms with Crippen molar-refractivity contribution < 1.29 is 14.3 Å². The lowest BCUT2D eigenvalue weighted by atomic mass is 9.98. The van der Waals surface area contributed by atoms with E-state index in [1.54, 1.807) is 25.3 Å². The first-order chi connectivity index (χ1) is 11.5. The number of halogens is 1. The monoisotopic (exact) mass is 347 g/mol. The minimum atomic E-state index is -0.241. The first-order valence-electron chi connectivity index (χ1n) is 7.90. The molecule has 1 N–H and O–H groups in total. The smallest absolute Gasteiger partial charge is 0.262 e. The Kier molecular flexibility index (Phi) is 6.50. The lowest BCUT2D eigenvalue weighted by molar-refractivity contribution is -0.118. The molecule has 2 rings (SSSR count). The Bertz CT molecular complexity index is 703. The Morgan fingerprint density at radius 1 is 1.21 bits per heavy atom. The first kappa shape index (κ1) is 18.1. The average Bonchev–Trinajstić information content (AvgIpc) is 2.59. The van der Waals surface area contributed by atoms with Crippen LogP contribution in [-0.4, -0.2) is 19.6 Å². The molecular weight excluding hydrogens is 326 g/mol. The molecule has 5 heteroatoms. The molecule has 0 aliphatic rings. The van der Waals surface area contributed by atoms with Crippen molar-refractivity contribution in [3.63, 3.8) is 0 Å². The molecule has 0 fully saturated rings. The summed E-state index contributed by atoms with van der Waals surface area (Å²) in [5, 5.41) is 3.21. The van der Waals surface area contributed by atoms with Crippen LogP contribution in [0.3, 0.4) is 0 Å². The van der Waals surface area contributed by atoms with E-state index in [0.717, 1.165) is 17.7 Å². The molecule has 1 unspecified atom stereocenters. The Morgan fingerprint density at radius 3 is 2.62 bits per heavy atom. The van der Waals surface area contributed by atoms with Gasteiger partial charge in [0.05, 0.1) is 12.1 Å². The van der Waals surface area contributed by atoms with Gasteiger partial charge < -0.3 is 14.8 Å². The van der Waals surface area contributed by atoms with Gasteiger partial charge in [0.1, 0.15) is 11.5 Å². The fourth-order valence-corrected chi connectivity index (χ4v) is 2.58. The van der Waals surface area contributed by atoms with Crippen LogP contribution in [0.4, 0.5) is 5.69 Å². The van der Waals surface area contributed by atoms with Gasteiger partial charge in [0, 0.05) is 5.69 Å². The van der Waals surface area contributed by atoms with E-state index in [0.29, 0.717) is 22.4 Å². The van der Waals surface area contributed by atoms with E-state index in [9.17, 15) is 4.79 Å². The standard InChI is InChI=1S/C19H22ClNO3/c1-4-13(2)15-7-5-6-8-17(15)24-12-19(22)21-14-9-10-18(23-3)16(20)11-14/h5-11,13H,4,12H2,1-3H3,(H,21,22). The Balaban J connectivity index is 1.98. The van der Waals surface area contributed by atoms with Gasteiger partial charge in [0.2, 0.25) is 0 Å². The molecule has 128 valence electrons. The maximum Gasteiger partial charge on any atom is 0.262 e. The summed E-state index contributed by atoms with van der Waals surface area (Å²) in [6.07, 6.45) is 1.01. The quantitative estimate of drug-likeness (QED) is 0.776. The molecule has 4 nitrogen and oxygen atoms in total. The summed E-state index contributed by atoms with van der Waals surface area (Å²) < 4.78 is 10.8. The number of hydrogen-bond donors (Lipinski definition) is 1. The van der Waals surface area contributed by atoms with Gasteiger partial charge >= 0.3 is 0 Å². The number of rotatable bonds is 7. The van der Waals surface area contributed by atoms with Crippen LogP contribution in [0.2, 0.25) is 5.02 Å². The molecule has 0 spiro atoms. The van der Waals surface area contributed by atoms with Crippen molar-refractivity contribution in [2.75, 3.05) is 19.0 Å². The maximum atomic E-state index is 12.1. The Labute approximate surface area is 147 Å². The lowest BCUT2D eigenvalue weighted by Crippen LogP contribution is -2.20. The van der Waals surface area contributed by atoms with Crippen molar-refractivity contribution in [3.8, 4) is 11.5 Å². The molecule has 0 saturated heterocycles. The van der Waals surface area contributed by atoms with Gasteiger partial charge in [-0.05, 0) is 42.2 Å². The summed E-state index contributed by atoms with van der Waals surface area (Å²) in [6.45, 7) is 4.21. The fourth-order valence-electron chi connectivity index (χ4n) is 2.32. The molecule has 0 heterocycles. The molecule has 2 aromatic rings. The van der Waals surface area contributed by atoms with Gasteiger partial charge in [-0.2, -0.15) is 0 Å². The third-order valence-electron chi connectivity index (χ3n) is 3.86. The van der Waals surface area contributed by atoms with E-state index in [1.165, 1.54) is 0 Å². The summed E-state index contributed by atoms with van der Waals surface area (Å²) in [6, 6.07) is 12.9. The van der Waals surface area contributed by atoms with Crippen LogP contribution in [0, 0.1) is 0 Å². The van der Waals surface area contributed by atoms with Crippen LogP contribution in [0.5, 0.6) is 11.5 Å². The predicted octanol–water partition coefficient (Wildman–Crippen LogP) is 4.88. The van der Waals surface area contributed by atoms with Crippen molar-refractivity contribution in [1.29, 1.82) is 0 Å². The summed E-state index contributed by atoms with van der Waals surface area (Å²) >= 11 is 6.05. The molecule has 0 aromatic heterocycles. The average molecular weight is 348 g/mol. The van der Waals surface area contributed by atoms with E-state index in [2.05, 4.69) is 19.2 Å². The molecule has 24 heavy (non-hydrogen) atoms. The van der Waals surface area contributed by atoms with Gasteiger partial charge in [-0.25, -0.2) is 0 Å². The topological polar surface area (TPSA) is 47.6 Å². The van der Waals surface area contributed by atoms with E-state index in [1.807, 2.05) is 24.3 Å². The highest BCUT2D eigenvalue weighted by Gasteiger charge is 2.11. The van der Waals surface area contributed by atoms with E-state index < -0.39 is 0 Å². The third kappa shape index (κ3) is 4.65. The summed E-state index contributed by atoms with van der Waals surface area (Å²) in [4.78, 5) is 12.1. The minimum absolute atomic E-state index is 0.0584. The van der Waals surface area contributed by atoms with Crippen LogP contribution in [0.15, 0.2) is 42.5 Å². The molecule has 0 aliphatic carbocycles. The van der Waals surface area contributed by atoms with Crippen molar-refractivity contribution in [2.45, 2.75) is 26.2 Å². The number of amides is 1. The fraction of sp³-hybridized carbons (Fsp3) is 0.316. The van der Waals surface area contributed by atoms with Crippen LogP contribution in [0.1, 0.15) is 31.7 Å². The van der Waals surface area contributed by atoms with Crippen molar-refractivity contribution in [2.24, 2.45) is 0 Å². The summed E-state index contributed by atoms with van der Waals surface area (Å²) in [5.74, 6) is 1.45. The Hall–Kier alpha value is -2.20. The number of para-hydroxylation sites is 1. The highest BCUT2D eigenvalue weighted by Crippen LogP contribution is 2.29. The lowest BCUT2D eigenvalue weighted by Gasteiger charge is -2.15. The first-order valence-corrected chi connectivity index (χ1v) is 8.28. The van der Waals surface area contributed by atoms with Gasteiger partial charge in [0.15, 0.2) is 6.61 Å². The number of benzene rings is 2. The van der Waals surface area contributed by atoms with Crippen LogP contribution in [0.25, 0.3) is 0 Å². The van der Waals surface area contributed by atoms with Crippen LogP contribution >= 0.6 is 11.6 Å². The summed E-state index contributed by atoms with van der Waals surface area (Å²) in [7, 11) is 1.54. The zero-order valence-electron chi connectivity index (χ0n) is 14.1. The van der Waals surface area contributed by atoms with Gasteiger partial charge in [-0.3, -0.25) is 4.79 Å². The number of carbonyl (C=O) groups excluding carboxylic acids is 1. The number of methoxy groups -OCH3 is 1. The number of nitrogens with one attached hydrogen (secondary N) is 1. The second kappa shape index (κ2) is 8.60. The van der Waals surface area contributed by atoms with Gasteiger partial charge in [-0.1, -0.05) is 43.6 Å². The van der Waals surface area contributed by atoms with E-state index >= 15 is 0 Å². The summed E-state index contributed by atoms with van der Waals surface area (Å²) in [5.41, 5.74) is 1.71. The molecule has 0 saturated carbocycles. The molecule has 0 aliphatic heterocycles. The van der Waals surface area contributed by atoms with Crippen LogP contribution in [-0.2, 0) is 4.79 Å². The molecule has 1 amide bonds. The molecule has 1 atom stereocenters. The van der Waals surface area contributed by atoms with Crippen molar-refractivity contribution >= 4 is 23.2 Å². The highest BCUT2D eigenvalue weighted by atomic mass is 35.5. The number of ether oxygens (including phenoxy) is 2. The zero-order valence-corrected chi connectivity index (χ0v) is 14.9.